The lowest BCUT2D eigenvalue weighted by atomic mass is 10.2. The van der Waals surface area contributed by atoms with Crippen molar-refractivity contribution in [1.82, 2.24) is 10.1 Å². The van der Waals surface area contributed by atoms with E-state index in [0.29, 0.717) is 22.2 Å². The molecule has 0 unspecified atom stereocenters. The van der Waals surface area contributed by atoms with E-state index in [1.807, 2.05) is 6.07 Å². The van der Waals surface area contributed by atoms with Crippen molar-refractivity contribution in [2.75, 3.05) is 7.11 Å². The Kier molecular flexibility index (Phi) is 4.85. The molecule has 2 aromatic carbocycles. The smallest absolute Gasteiger partial charge is 0.259 e. The van der Waals surface area contributed by atoms with Gasteiger partial charge in [0.25, 0.3) is 11.8 Å². The third-order valence-corrected chi connectivity index (χ3v) is 3.71. The molecule has 7 nitrogen and oxygen atoms in total. The first-order chi connectivity index (χ1) is 12.1. The summed E-state index contributed by atoms with van der Waals surface area (Å²) in [6, 6.07) is 11.8. The maximum absolute atomic E-state index is 11.5. The van der Waals surface area contributed by atoms with Gasteiger partial charge in [-0.15, -0.1) is 0 Å². The van der Waals surface area contributed by atoms with Gasteiger partial charge in [-0.3, -0.25) is 4.79 Å². The molecule has 0 saturated heterocycles. The minimum Gasteiger partial charge on any atom is -0.497 e. The molecule has 3 rings (SSSR count). The summed E-state index contributed by atoms with van der Waals surface area (Å²) in [5.41, 5.74) is 6.21. The van der Waals surface area contributed by atoms with E-state index in [1.54, 1.807) is 30.3 Å². The van der Waals surface area contributed by atoms with Crippen LogP contribution >= 0.6 is 11.6 Å². The number of methoxy groups -OCH3 is 1. The van der Waals surface area contributed by atoms with Crippen LogP contribution < -0.4 is 15.2 Å². The molecule has 1 amide bonds. The number of amides is 1. The van der Waals surface area contributed by atoms with Crippen molar-refractivity contribution in [2.24, 2.45) is 5.73 Å². The summed E-state index contributed by atoms with van der Waals surface area (Å²) < 4.78 is 15.9. The highest BCUT2D eigenvalue weighted by Crippen LogP contribution is 2.27. The summed E-state index contributed by atoms with van der Waals surface area (Å²) in [5, 5.41) is 4.35. The average molecular weight is 360 g/mol. The highest BCUT2D eigenvalue weighted by Gasteiger charge is 2.15. The molecule has 2 N–H and O–H groups in total. The van der Waals surface area contributed by atoms with Crippen molar-refractivity contribution in [3.05, 3.63) is 58.9 Å². The van der Waals surface area contributed by atoms with Crippen molar-refractivity contribution < 1.29 is 18.8 Å². The molecule has 25 heavy (non-hydrogen) atoms. The van der Waals surface area contributed by atoms with E-state index < -0.39 is 5.91 Å². The zero-order chi connectivity index (χ0) is 17.8. The van der Waals surface area contributed by atoms with E-state index in [9.17, 15) is 4.79 Å². The third kappa shape index (κ3) is 3.72. The zero-order valence-electron chi connectivity index (χ0n) is 13.2. The molecule has 0 fully saturated rings. The Morgan fingerprint density at radius 3 is 2.80 bits per heavy atom. The lowest BCUT2D eigenvalue weighted by Gasteiger charge is -2.09. The third-order valence-electron chi connectivity index (χ3n) is 3.38. The van der Waals surface area contributed by atoms with Crippen LogP contribution in [0.1, 0.15) is 16.2 Å². The first-order valence-electron chi connectivity index (χ1n) is 7.26. The average Bonchev–Trinajstić information content (AvgIpc) is 3.08. The number of benzene rings is 2. The minimum atomic E-state index is -0.609. The van der Waals surface area contributed by atoms with Crippen molar-refractivity contribution in [1.29, 1.82) is 0 Å². The molecule has 0 aliphatic carbocycles. The second kappa shape index (κ2) is 7.23. The van der Waals surface area contributed by atoms with E-state index in [0.717, 1.165) is 0 Å². The molecule has 0 saturated carbocycles. The number of primary amides is 1. The Bertz CT molecular complexity index is 910. The highest BCUT2D eigenvalue weighted by molar-refractivity contribution is 6.33. The maximum Gasteiger partial charge on any atom is 0.259 e. The highest BCUT2D eigenvalue weighted by atomic mass is 35.5. The number of nitrogens with two attached hydrogens (primary N) is 1. The van der Waals surface area contributed by atoms with Gasteiger partial charge in [-0.25, -0.2) is 0 Å². The predicted octanol–water partition coefficient (Wildman–Crippen LogP) is 3.08. The molecule has 8 heteroatoms. The Hall–Kier alpha value is -3.06. The fourth-order valence-corrected chi connectivity index (χ4v) is 2.37. The number of carbonyl (C=O) groups is 1. The van der Waals surface area contributed by atoms with Crippen LogP contribution in [0.25, 0.3) is 11.5 Å². The zero-order valence-corrected chi connectivity index (χ0v) is 14.0. The summed E-state index contributed by atoms with van der Waals surface area (Å²) >= 11 is 6.11. The number of ether oxygens (including phenoxy) is 2. The number of halogens is 1. The van der Waals surface area contributed by atoms with Crippen LogP contribution in [0.4, 0.5) is 0 Å². The lowest BCUT2D eigenvalue weighted by molar-refractivity contribution is 0.0995. The van der Waals surface area contributed by atoms with Crippen molar-refractivity contribution in [3.63, 3.8) is 0 Å². The van der Waals surface area contributed by atoms with E-state index >= 15 is 0 Å². The molecule has 3 aromatic rings. The summed E-state index contributed by atoms with van der Waals surface area (Å²) in [4.78, 5) is 15.7. The van der Waals surface area contributed by atoms with Crippen molar-refractivity contribution >= 4 is 17.5 Å². The summed E-state index contributed by atoms with van der Waals surface area (Å²) in [6.07, 6.45) is 0. The van der Waals surface area contributed by atoms with E-state index in [4.69, 9.17) is 31.3 Å². The van der Waals surface area contributed by atoms with Gasteiger partial charge in [-0.05, 0) is 24.3 Å². The van der Waals surface area contributed by atoms with Gasteiger partial charge >= 0.3 is 0 Å². The normalized spacial score (nSPS) is 10.5. The minimum absolute atomic E-state index is 0.0125. The van der Waals surface area contributed by atoms with Gasteiger partial charge in [0, 0.05) is 6.07 Å². The second-order valence-electron chi connectivity index (χ2n) is 5.01. The van der Waals surface area contributed by atoms with Gasteiger partial charge in [0.2, 0.25) is 5.82 Å². The fraction of sp³-hybridized carbons (Fsp3) is 0.118. The van der Waals surface area contributed by atoms with Crippen LogP contribution in [-0.2, 0) is 6.61 Å². The van der Waals surface area contributed by atoms with Crippen LogP contribution in [0.5, 0.6) is 11.5 Å². The number of hydrogen-bond donors (Lipinski definition) is 1. The van der Waals surface area contributed by atoms with Crippen LogP contribution in [-0.4, -0.2) is 23.2 Å². The van der Waals surface area contributed by atoms with E-state index in [2.05, 4.69) is 10.1 Å². The number of hydrogen-bond acceptors (Lipinski definition) is 6. The van der Waals surface area contributed by atoms with Gasteiger partial charge < -0.3 is 19.7 Å². The molecule has 0 spiro atoms. The van der Waals surface area contributed by atoms with Crippen LogP contribution in [0.15, 0.2) is 47.0 Å². The molecule has 0 aliphatic rings. The molecular weight excluding hydrogens is 346 g/mol. The Morgan fingerprint density at radius 2 is 2.08 bits per heavy atom. The number of carbonyl (C=O) groups excluding carboxylic acids is 1. The molecular formula is C17H14ClN3O4. The second-order valence-corrected chi connectivity index (χ2v) is 5.42. The first kappa shape index (κ1) is 16.8. The Morgan fingerprint density at radius 1 is 1.28 bits per heavy atom. The van der Waals surface area contributed by atoms with Crippen LogP contribution in [0.2, 0.25) is 5.02 Å². The largest absolute Gasteiger partial charge is 0.497 e. The predicted molar refractivity (Wildman–Crippen MR) is 90.6 cm³/mol. The number of nitrogens with zero attached hydrogens (tertiary/aromatic N) is 2. The van der Waals surface area contributed by atoms with Crippen molar-refractivity contribution in [3.8, 4) is 23.0 Å². The topological polar surface area (TPSA) is 100 Å². The van der Waals surface area contributed by atoms with E-state index in [1.165, 1.54) is 13.2 Å². The Labute approximate surface area is 148 Å². The molecule has 0 bridgehead atoms. The van der Waals surface area contributed by atoms with Gasteiger partial charge in [0.15, 0.2) is 6.61 Å². The molecule has 1 heterocycles. The fourth-order valence-electron chi connectivity index (χ4n) is 2.15. The number of aromatic nitrogens is 2. The van der Waals surface area contributed by atoms with Crippen molar-refractivity contribution in [2.45, 2.75) is 6.61 Å². The first-order valence-corrected chi connectivity index (χ1v) is 7.64. The van der Waals surface area contributed by atoms with Crippen LogP contribution in [0, 0.1) is 0 Å². The standard InChI is InChI=1S/C17H14ClN3O4/c1-23-10-6-7-12(16(19)22)14(8-10)24-9-15-20-17(25-21-15)11-4-2-3-5-13(11)18/h2-8H,9H2,1H3,(H2,19,22). The molecule has 1 aromatic heterocycles. The van der Waals surface area contributed by atoms with Gasteiger partial charge in [0.05, 0.1) is 23.3 Å². The quantitative estimate of drug-likeness (QED) is 0.725. The SMILES string of the molecule is COc1ccc(C(N)=O)c(OCc2noc(-c3ccccc3Cl)n2)c1. The molecule has 0 radical (unpaired) electrons. The summed E-state index contributed by atoms with van der Waals surface area (Å²) in [6.45, 7) is -0.0125. The summed E-state index contributed by atoms with van der Waals surface area (Å²) in [7, 11) is 1.51. The van der Waals surface area contributed by atoms with E-state index in [-0.39, 0.29) is 23.8 Å². The van der Waals surface area contributed by atoms with Crippen LogP contribution in [0.3, 0.4) is 0 Å². The maximum atomic E-state index is 11.5. The molecule has 0 aliphatic heterocycles. The van der Waals surface area contributed by atoms with Gasteiger partial charge in [-0.2, -0.15) is 4.98 Å². The Balaban J connectivity index is 1.79. The van der Waals surface area contributed by atoms with Gasteiger partial charge in [-0.1, -0.05) is 28.9 Å². The molecule has 0 atom stereocenters. The monoisotopic (exact) mass is 359 g/mol. The summed E-state index contributed by atoms with van der Waals surface area (Å²) in [5.74, 6) is 0.779. The van der Waals surface area contributed by atoms with Gasteiger partial charge in [0.1, 0.15) is 11.5 Å². The lowest BCUT2D eigenvalue weighted by Crippen LogP contribution is -2.13. The molecule has 128 valence electrons. The number of rotatable bonds is 6.